The zero-order valence-electron chi connectivity index (χ0n) is 16.7. The number of hydrogen-bond acceptors (Lipinski definition) is 4. The van der Waals surface area contributed by atoms with Crippen molar-refractivity contribution < 1.29 is 26.4 Å². The van der Waals surface area contributed by atoms with E-state index < -0.39 is 22.1 Å². The van der Waals surface area contributed by atoms with Gasteiger partial charge in [-0.15, -0.1) is 0 Å². The van der Waals surface area contributed by atoms with E-state index in [2.05, 4.69) is 4.90 Å². The Morgan fingerprint density at radius 3 is 2.27 bits per heavy atom. The monoisotopic (exact) mass is 445 g/mol. The van der Waals surface area contributed by atoms with Gasteiger partial charge in [0, 0.05) is 44.5 Å². The molecule has 0 radical (unpaired) electrons. The Kier molecular flexibility index (Phi) is 5.73. The minimum atomic E-state index is -4.84. The first-order chi connectivity index (χ1) is 14.2. The summed E-state index contributed by atoms with van der Waals surface area (Å²) in [4.78, 5) is 14.7. The Balaban J connectivity index is 1.49. The average Bonchev–Trinajstić information content (AvgIpc) is 3.16. The summed E-state index contributed by atoms with van der Waals surface area (Å²) in [6.45, 7) is 1.89. The second-order valence-electron chi connectivity index (χ2n) is 8.22. The molecule has 1 aromatic rings. The van der Waals surface area contributed by atoms with E-state index >= 15 is 0 Å². The van der Waals surface area contributed by atoms with Crippen LogP contribution >= 0.6 is 0 Å². The second kappa shape index (κ2) is 8.03. The quantitative estimate of drug-likeness (QED) is 0.718. The van der Waals surface area contributed by atoms with E-state index in [0.717, 1.165) is 41.8 Å². The van der Waals surface area contributed by atoms with Crippen molar-refractivity contribution in [1.82, 2.24) is 9.21 Å². The van der Waals surface area contributed by atoms with Crippen LogP contribution in [0.15, 0.2) is 23.1 Å². The van der Waals surface area contributed by atoms with Gasteiger partial charge in [-0.1, -0.05) is 12.5 Å². The van der Waals surface area contributed by atoms with Crippen LogP contribution in [-0.4, -0.2) is 68.5 Å². The lowest BCUT2D eigenvalue weighted by Gasteiger charge is -2.38. The minimum Gasteiger partial charge on any atom is -0.368 e. The summed E-state index contributed by atoms with van der Waals surface area (Å²) in [5.74, 6) is -1.78. The van der Waals surface area contributed by atoms with Crippen molar-refractivity contribution in [2.75, 3.05) is 37.6 Å². The third-order valence-electron chi connectivity index (χ3n) is 6.38. The average molecular weight is 446 g/mol. The van der Waals surface area contributed by atoms with Crippen molar-refractivity contribution in [2.24, 2.45) is 0 Å². The predicted molar refractivity (Wildman–Crippen MR) is 106 cm³/mol. The Hall–Kier alpha value is -1.81. The topological polar surface area (TPSA) is 60.9 Å². The van der Waals surface area contributed by atoms with E-state index in [-0.39, 0.29) is 24.0 Å². The molecule has 1 amide bonds. The number of likely N-dealkylation sites (tertiary alicyclic amines) is 1. The van der Waals surface area contributed by atoms with Gasteiger partial charge >= 0.3 is 12.1 Å². The van der Waals surface area contributed by atoms with Gasteiger partial charge in [0.15, 0.2) is 0 Å². The van der Waals surface area contributed by atoms with Crippen molar-refractivity contribution in [3.8, 4) is 0 Å². The van der Waals surface area contributed by atoms with Crippen LogP contribution in [0.5, 0.6) is 0 Å². The maximum Gasteiger partial charge on any atom is 0.471 e. The van der Waals surface area contributed by atoms with E-state index in [0.29, 0.717) is 32.5 Å². The number of carbonyl (C=O) groups excluding carboxylic acids is 1. The van der Waals surface area contributed by atoms with Crippen molar-refractivity contribution in [3.05, 3.63) is 23.8 Å². The molecule has 2 fully saturated rings. The zero-order valence-corrected chi connectivity index (χ0v) is 17.5. The molecular formula is C20H26F3N3O3S. The number of halogens is 3. The van der Waals surface area contributed by atoms with E-state index in [9.17, 15) is 26.4 Å². The molecule has 0 unspecified atom stereocenters. The van der Waals surface area contributed by atoms with E-state index in [1.54, 1.807) is 16.4 Å². The van der Waals surface area contributed by atoms with Crippen molar-refractivity contribution >= 4 is 21.6 Å². The Morgan fingerprint density at radius 1 is 0.967 bits per heavy atom. The Bertz CT molecular complexity index is 906. The number of hydrogen-bond donors (Lipinski definition) is 0. The molecule has 0 atom stereocenters. The van der Waals surface area contributed by atoms with E-state index in [1.165, 1.54) is 0 Å². The van der Waals surface area contributed by atoms with Gasteiger partial charge in [0.1, 0.15) is 0 Å². The molecule has 166 valence electrons. The van der Waals surface area contributed by atoms with Crippen molar-refractivity contribution in [1.29, 1.82) is 0 Å². The fraction of sp³-hybridized carbons (Fsp3) is 0.650. The number of fused-ring (bicyclic) bond motifs is 1. The highest BCUT2D eigenvalue weighted by molar-refractivity contribution is 7.89. The molecule has 6 nitrogen and oxygen atoms in total. The smallest absolute Gasteiger partial charge is 0.368 e. The fourth-order valence-electron chi connectivity index (χ4n) is 4.74. The molecule has 0 aromatic heterocycles. The molecule has 3 aliphatic heterocycles. The molecule has 10 heteroatoms. The van der Waals surface area contributed by atoms with Crippen LogP contribution in [0.1, 0.15) is 37.7 Å². The molecular weight excluding hydrogens is 419 g/mol. The molecule has 3 aliphatic rings. The molecule has 30 heavy (non-hydrogen) atoms. The molecule has 0 bridgehead atoms. The van der Waals surface area contributed by atoms with Crippen LogP contribution in [0.4, 0.5) is 18.9 Å². The van der Waals surface area contributed by atoms with Gasteiger partial charge < -0.3 is 9.80 Å². The highest BCUT2D eigenvalue weighted by Gasteiger charge is 2.44. The molecule has 3 heterocycles. The van der Waals surface area contributed by atoms with Crippen LogP contribution in [0.3, 0.4) is 0 Å². The largest absolute Gasteiger partial charge is 0.471 e. The van der Waals surface area contributed by atoms with Crippen LogP contribution in [0.25, 0.3) is 0 Å². The number of benzene rings is 1. The molecule has 4 rings (SSSR count). The van der Waals surface area contributed by atoms with Crippen LogP contribution < -0.4 is 4.90 Å². The van der Waals surface area contributed by atoms with Gasteiger partial charge in [0.25, 0.3) is 0 Å². The first-order valence-electron chi connectivity index (χ1n) is 10.4. The summed E-state index contributed by atoms with van der Waals surface area (Å²) in [7, 11) is -3.55. The number of nitrogens with zero attached hydrogens (tertiary/aromatic N) is 3. The molecule has 0 spiro atoms. The first-order valence-corrected chi connectivity index (χ1v) is 11.9. The summed E-state index contributed by atoms with van der Waals surface area (Å²) >= 11 is 0. The van der Waals surface area contributed by atoms with Gasteiger partial charge in [-0.2, -0.15) is 17.5 Å². The summed E-state index contributed by atoms with van der Waals surface area (Å²) < 4.78 is 65.6. The van der Waals surface area contributed by atoms with Crippen LogP contribution in [0.2, 0.25) is 0 Å². The van der Waals surface area contributed by atoms with Gasteiger partial charge in [0.05, 0.1) is 4.90 Å². The van der Waals surface area contributed by atoms with Crippen LogP contribution in [-0.2, 0) is 21.2 Å². The molecule has 0 N–H and O–H groups in total. The number of amides is 1. The van der Waals surface area contributed by atoms with E-state index in [4.69, 9.17) is 0 Å². The first kappa shape index (κ1) is 21.4. The maximum atomic E-state index is 13.0. The highest BCUT2D eigenvalue weighted by atomic mass is 32.2. The summed E-state index contributed by atoms with van der Waals surface area (Å²) in [5.41, 5.74) is 1.91. The van der Waals surface area contributed by atoms with Gasteiger partial charge in [-0.05, 0) is 49.8 Å². The Morgan fingerprint density at radius 2 is 1.63 bits per heavy atom. The van der Waals surface area contributed by atoms with Gasteiger partial charge in [-0.3, -0.25) is 4.79 Å². The molecule has 2 saturated heterocycles. The second-order valence-corrected chi connectivity index (χ2v) is 10.2. The third-order valence-corrected chi connectivity index (χ3v) is 8.27. The van der Waals surface area contributed by atoms with Gasteiger partial charge in [-0.25, -0.2) is 8.42 Å². The molecule has 0 aliphatic carbocycles. The standard InChI is InChI=1S/C20H26F3N3O3S/c21-20(22,23)19(27)24-11-7-16(8-12-24)26-13-6-15-4-5-17(14-18(15)26)30(28,29)25-9-2-1-3-10-25/h4-5,14,16H,1-3,6-13H2. The Labute approximate surface area is 174 Å². The van der Waals surface area contributed by atoms with Gasteiger partial charge in [0.2, 0.25) is 10.0 Å². The maximum absolute atomic E-state index is 13.0. The number of carbonyl (C=O) groups is 1. The number of rotatable bonds is 3. The zero-order chi connectivity index (χ0) is 21.5. The van der Waals surface area contributed by atoms with Crippen molar-refractivity contribution in [3.63, 3.8) is 0 Å². The molecule has 1 aromatic carbocycles. The van der Waals surface area contributed by atoms with E-state index in [1.807, 2.05) is 6.07 Å². The summed E-state index contributed by atoms with van der Waals surface area (Å²) in [6.07, 6.45) is -0.419. The lowest BCUT2D eigenvalue weighted by molar-refractivity contribution is -0.186. The predicted octanol–water partition coefficient (Wildman–Crippen LogP) is 2.78. The number of alkyl halides is 3. The fourth-order valence-corrected chi connectivity index (χ4v) is 6.28. The summed E-state index contributed by atoms with van der Waals surface area (Å²) in [6, 6.07) is 5.24. The van der Waals surface area contributed by atoms with Crippen molar-refractivity contribution in [2.45, 2.75) is 55.6 Å². The SMILES string of the molecule is O=C(N1CCC(N2CCc3ccc(S(=O)(=O)N4CCCCC4)cc32)CC1)C(F)(F)F. The lowest BCUT2D eigenvalue weighted by atomic mass is 10.0. The van der Waals surface area contributed by atoms with Crippen LogP contribution in [0, 0.1) is 0 Å². The number of piperidine rings is 2. The normalized spacial score (nSPS) is 21.7. The minimum absolute atomic E-state index is 0.00326. The number of sulfonamides is 1. The summed E-state index contributed by atoms with van der Waals surface area (Å²) in [5, 5.41) is 0. The lowest BCUT2D eigenvalue weighted by Crippen LogP contribution is -2.50. The number of anilines is 1. The third kappa shape index (κ3) is 4.03. The molecule has 0 saturated carbocycles. The highest BCUT2D eigenvalue weighted by Crippen LogP contribution is 2.36.